The highest BCUT2D eigenvalue weighted by molar-refractivity contribution is 8.26. The van der Waals surface area contributed by atoms with Gasteiger partial charge in [-0.05, 0) is 48.9 Å². The van der Waals surface area contributed by atoms with E-state index >= 15 is 0 Å². The zero-order chi connectivity index (χ0) is 26.5. The third-order valence-corrected chi connectivity index (χ3v) is 7.84. The number of benzene rings is 1. The number of nitrogens with one attached hydrogen (secondary N) is 1. The van der Waals surface area contributed by atoms with Gasteiger partial charge in [-0.3, -0.25) is 23.8 Å². The summed E-state index contributed by atoms with van der Waals surface area (Å²) in [5, 5.41) is 3.34. The first-order valence-electron chi connectivity index (χ1n) is 12.5. The normalized spacial score (nSPS) is 17.5. The van der Waals surface area contributed by atoms with E-state index in [-0.39, 0.29) is 11.5 Å². The van der Waals surface area contributed by atoms with Crippen LogP contribution in [-0.2, 0) is 16.1 Å². The number of amides is 1. The highest BCUT2D eigenvalue weighted by Crippen LogP contribution is 2.34. The van der Waals surface area contributed by atoms with E-state index in [0.717, 1.165) is 50.6 Å². The molecular weight excluding hydrogens is 522 g/mol. The molecule has 0 spiro atoms. The smallest absolute Gasteiger partial charge is 0.267 e. The maximum absolute atomic E-state index is 13.5. The molecule has 5 rings (SSSR count). The number of morpholine rings is 1. The summed E-state index contributed by atoms with van der Waals surface area (Å²) >= 11 is 6.72. The van der Waals surface area contributed by atoms with E-state index < -0.39 is 0 Å². The van der Waals surface area contributed by atoms with Gasteiger partial charge in [0.05, 0.1) is 37.3 Å². The van der Waals surface area contributed by atoms with Crippen molar-refractivity contribution < 1.29 is 14.3 Å². The number of nitrogens with zero attached hydrogens (tertiary/aromatic N) is 4. The Morgan fingerprint density at radius 1 is 1.16 bits per heavy atom. The second-order valence-electron chi connectivity index (χ2n) is 8.96. The highest BCUT2D eigenvalue weighted by atomic mass is 32.2. The number of pyridine rings is 1. The van der Waals surface area contributed by atoms with Crippen molar-refractivity contribution in [2.45, 2.75) is 13.0 Å². The van der Waals surface area contributed by atoms with Crippen molar-refractivity contribution in [2.75, 3.05) is 51.8 Å². The number of rotatable bonds is 9. The number of carbonyl (C=O) groups is 1. The summed E-state index contributed by atoms with van der Waals surface area (Å²) in [6.07, 6.45) is 4.19. The van der Waals surface area contributed by atoms with E-state index in [4.69, 9.17) is 26.7 Å². The molecule has 2 aliphatic heterocycles. The molecule has 2 fully saturated rings. The lowest BCUT2D eigenvalue weighted by molar-refractivity contribution is -0.122. The lowest BCUT2D eigenvalue weighted by atomic mass is 10.2. The van der Waals surface area contributed by atoms with Crippen LogP contribution in [0.1, 0.15) is 17.5 Å². The average molecular weight is 552 g/mol. The van der Waals surface area contributed by atoms with Crippen molar-refractivity contribution in [3.05, 3.63) is 75.0 Å². The Bertz CT molecular complexity index is 1420. The second-order valence-corrected chi connectivity index (χ2v) is 10.6. The predicted molar refractivity (Wildman–Crippen MR) is 154 cm³/mol. The van der Waals surface area contributed by atoms with E-state index in [9.17, 15) is 9.59 Å². The molecule has 2 saturated heterocycles. The van der Waals surface area contributed by atoms with Gasteiger partial charge >= 0.3 is 0 Å². The van der Waals surface area contributed by atoms with Crippen molar-refractivity contribution in [1.29, 1.82) is 0 Å². The Kier molecular flexibility index (Phi) is 8.38. The minimum atomic E-state index is -0.244. The zero-order valence-electron chi connectivity index (χ0n) is 21.1. The molecule has 0 aliphatic carbocycles. The molecule has 1 amide bonds. The fraction of sp³-hybridized carbons (Fsp3) is 0.333. The number of anilines is 1. The molecule has 4 heterocycles. The number of carbonyl (C=O) groups excluding carboxylic acids is 1. The molecule has 2 aromatic heterocycles. The first kappa shape index (κ1) is 26.4. The fourth-order valence-electron chi connectivity index (χ4n) is 4.38. The van der Waals surface area contributed by atoms with Gasteiger partial charge in [0.1, 0.15) is 21.5 Å². The maximum Gasteiger partial charge on any atom is 0.267 e. The summed E-state index contributed by atoms with van der Waals surface area (Å²) in [6, 6.07) is 12.9. The van der Waals surface area contributed by atoms with E-state index in [1.165, 1.54) is 16.2 Å². The van der Waals surface area contributed by atoms with Gasteiger partial charge in [-0.15, -0.1) is 0 Å². The van der Waals surface area contributed by atoms with Crippen LogP contribution in [0.2, 0.25) is 0 Å². The van der Waals surface area contributed by atoms with Crippen LogP contribution in [0.4, 0.5) is 5.82 Å². The van der Waals surface area contributed by atoms with Crippen LogP contribution in [0.5, 0.6) is 5.75 Å². The molecule has 38 heavy (non-hydrogen) atoms. The van der Waals surface area contributed by atoms with E-state index in [2.05, 4.69) is 10.2 Å². The van der Waals surface area contributed by atoms with Crippen LogP contribution in [-0.4, -0.2) is 75.9 Å². The topological polar surface area (TPSA) is 88.4 Å². The molecule has 0 unspecified atom stereocenters. The first-order valence-corrected chi connectivity index (χ1v) is 13.7. The Hall–Kier alpha value is -3.25. The molecular formula is C27H29N5O4S2. The van der Waals surface area contributed by atoms with Crippen LogP contribution < -0.4 is 15.6 Å². The van der Waals surface area contributed by atoms with E-state index in [1.54, 1.807) is 36.4 Å². The van der Waals surface area contributed by atoms with Gasteiger partial charge in [0.15, 0.2) is 0 Å². The minimum Gasteiger partial charge on any atom is -0.497 e. The van der Waals surface area contributed by atoms with Crippen LogP contribution in [0.15, 0.2) is 58.4 Å². The van der Waals surface area contributed by atoms with Crippen molar-refractivity contribution >= 4 is 51.7 Å². The van der Waals surface area contributed by atoms with Gasteiger partial charge < -0.3 is 14.8 Å². The third-order valence-electron chi connectivity index (χ3n) is 6.47. The largest absolute Gasteiger partial charge is 0.497 e. The number of hydrogen-bond acceptors (Lipinski definition) is 9. The quantitative estimate of drug-likeness (QED) is 0.245. The molecule has 198 valence electrons. The summed E-state index contributed by atoms with van der Waals surface area (Å²) in [5.41, 5.74) is 1.56. The number of ether oxygens (including phenoxy) is 2. The number of methoxy groups -OCH3 is 1. The van der Waals surface area contributed by atoms with Crippen molar-refractivity contribution in [1.82, 2.24) is 19.2 Å². The molecule has 0 radical (unpaired) electrons. The van der Waals surface area contributed by atoms with E-state index in [0.29, 0.717) is 39.3 Å². The minimum absolute atomic E-state index is 0.230. The molecule has 9 nitrogen and oxygen atoms in total. The van der Waals surface area contributed by atoms with E-state index in [1.807, 2.05) is 30.3 Å². The Morgan fingerprint density at radius 2 is 1.95 bits per heavy atom. The van der Waals surface area contributed by atoms with Crippen LogP contribution in [0.3, 0.4) is 0 Å². The summed E-state index contributed by atoms with van der Waals surface area (Å²) in [7, 11) is 1.61. The number of fused-ring (bicyclic) bond motifs is 1. The molecule has 3 aromatic rings. The molecule has 0 atom stereocenters. The SMILES string of the molecule is COc1ccc(CN2C(=O)C(=Cc3c(NCCCN4CCOCC4)nc4ccccn4c3=O)SC2=S)cc1. The highest BCUT2D eigenvalue weighted by Gasteiger charge is 2.32. The summed E-state index contributed by atoms with van der Waals surface area (Å²) in [6.45, 7) is 5.30. The lowest BCUT2D eigenvalue weighted by Crippen LogP contribution is -2.37. The molecule has 0 bridgehead atoms. The summed E-state index contributed by atoms with van der Waals surface area (Å²) in [5.74, 6) is 0.975. The first-order chi connectivity index (χ1) is 18.5. The van der Waals surface area contributed by atoms with Gasteiger partial charge in [-0.25, -0.2) is 4.98 Å². The molecule has 2 aliphatic rings. The Morgan fingerprint density at radius 3 is 2.71 bits per heavy atom. The zero-order valence-corrected chi connectivity index (χ0v) is 22.7. The van der Waals surface area contributed by atoms with Gasteiger partial charge in [0.2, 0.25) is 0 Å². The van der Waals surface area contributed by atoms with Gasteiger partial charge in [0, 0.05) is 25.8 Å². The number of thioether (sulfide) groups is 1. The molecule has 11 heteroatoms. The summed E-state index contributed by atoms with van der Waals surface area (Å²) < 4.78 is 12.6. The Labute approximate surface area is 230 Å². The van der Waals surface area contributed by atoms with Crippen molar-refractivity contribution in [3.8, 4) is 5.75 Å². The number of aromatic nitrogens is 2. The van der Waals surface area contributed by atoms with Crippen molar-refractivity contribution in [2.24, 2.45) is 0 Å². The monoisotopic (exact) mass is 551 g/mol. The summed E-state index contributed by atoms with van der Waals surface area (Å²) in [4.78, 5) is 35.8. The predicted octanol–water partition coefficient (Wildman–Crippen LogP) is 3.24. The standard InChI is InChI=1S/C27H29N5O4S2/c1-35-20-8-6-19(7-9-20)18-32-26(34)22(38-27(32)37)17-21-24(28-10-4-11-30-13-15-36-16-14-30)29-23-5-2-3-12-31(23)25(21)33/h2-3,5-9,12,17,28H,4,10-11,13-16,18H2,1H3. The number of hydrogen-bond donors (Lipinski definition) is 1. The average Bonchev–Trinajstić information content (AvgIpc) is 3.21. The molecule has 1 aromatic carbocycles. The third kappa shape index (κ3) is 5.91. The van der Waals surface area contributed by atoms with Crippen LogP contribution >= 0.6 is 24.0 Å². The second kappa shape index (κ2) is 12.1. The maximum atomic E-state index is 13.5. The van der Waals surface area contributed by atoms with Crippen LogP contribution in [0, 0.1) is 0 Å². The van der Waals surface area contributed by atoms with Crippen molar-refractivity contribution in [3.63, 3.8) is 0 Å². The number of thiocarbonyl (C=S) groups is 1. The van der Waals surface area contributed by atoms with Gasteiger partial charge in [-0.2, -0.15) is 0 Å². The van der Waals surface area contributed by atoms with Crippen LogP contribution in [0.25, 0.3) is 11.7 Å². The molecule has 1 N–H and O–H groups in total. The fourth-order valence-corrected chi connectivity index (χ4v) is 5.62. The Balaban J connectivity index is 1.37. The molecule has 0 saturated carbocycles. The van der Waals surface area contributed by atoms with Gasteiger partial charge in [0.25, 0.3) is 11.5 Å². The van der Waals surface area contributed by atoms with Gasteiger partial charge in [-0.1, -0.05) is 42.2 Å². The lowest BCUT2D eigenvalue weighted by Gasteiger charge is -2.26.